The van der Waals surface area contributed by atoms with Crippen LogP contribution in [0, 0.1) is 6.92 Å². The summed E-state index contributed by atoms with van der Waals surface area (Å²) in [5.74, 6) is 1.85. The van der Waals surface area contributed by atoms with E-state index in [-0.39, 0.29) is 5.91 Å². The van der Waals surface area contributed by atoms with Crippen molar-refractivity contribution >= 4 is 28.6 Å². The summed E-state index contributed by atoms with van der Waals surface area (Å²) < 4.78 is 5.33. The molecule has 118 valence electrons. The molecule has 0 aromatic carbocycles. The highest BCUT2D eigenvalue weighted by molar-refractivity contribution is 7.15. The van der Waals surface area contributed by atoms with Crippen LogP contribution in [0.4, 0.5) is 0 Å². The van der Waals surface area contributed by atoms with E-state index in [2.05, 4.69) is 15.5 Å². The lowest BCUT2D eigenvalue weighted by atomic mass is 10.3. The van der Waals surface area contributed by atoms with E-state index in [1.54, 1.807) is 11.3 Å². The van der Waals surface area contributed by atoms with Gasteiger partial charge in [-0.2, -0.15) is 4.98 Å². The number of hydrogen-bond acceptors (Lipinski definition) is 6. The first-order chi connectivity index (χ1) is 11.2. The SMILES string of the molecule is Cc1ccsc1C(=O)NCc1ccc(-c2nc(C3CC3)no2)s1. The Morgan fingerprint density at radius 2 is 2.26 bits per heavy atom. The average molecular weight is 345 g/mol. The number of rotatable bonds is 5. The van der Waals surface area contributed by atoms with E-state index in [1.165, 1.54) is 11.3 Å². The third-order valence-electron chi connectivity index (χ3n) is 3.75. The van der Waals surface area contributed by atoms with Gasteiger partial charge in [0.25, 0.3) is 11.8 Å². The molecule has 3 aromatic heterocycles. The summed E-state index contributed by atoms with van der Waals surface area (Å²) in [4.78, 5) is 19.4. The molecule has 5 nitrogen and oxygen atoms in total. The van der Waals surface area contributed by atoms with Crippen LogP contribution in [0.1, 0.15) is 44.7 Å². The second-order valence-corrected chi connectivity index (χ2v) is 7.70. The summed E-state index contributed by atoms with van der Waals surface area (Å²) in [5.41, 5.74) is 1.01. The molecule has 3 heterocycles. The summed E-state index contributed by atoms with van der Waals surface area (Å²) in [6.45, 7) is 2.45. The number of nitrogens with one attached hydrogen (secondary N) is 1. The van der Waals surface area contributed by atoms with Gasteiger partial charge in [-0.3, -0.25) is 4.79 Å². The summed E-state index contributed by atoms with van der Waals surface area (Å²) >= 11 is 3.03. The molecule has 1 N–H and O–H groups in total. The maximum atomic E-state index is 12.1. The Kier molecular flexibility index (Phi) is 3.74. The van der Waals surface area contributed by atoms with Crippen LogP contribution in [0.2, 0.25) is 0 Å². The molecule has 23 heavy (non-hydrogen) atoms. The predicted molar refractivity (Wildman–Crippen MR) is 89.8 cm³/mol. The van der Waals surface area contributed by atoms with Crippen LogP contribution >= 0.6 is 22.7 Å². The molecule has 0 saturated heterocycles. The van der Waals surface area contributed by atoms with Crippen molar-refractivity contribution in [1.29, 1.82) is 0 Å². The van der Waals surface area contributed by atoms with E-state index in [0.717, 1.165) is 38.9 Å². The second-order valence-electron chi connectivity index (χ2n) is 5.61. The van der Waals surface area contributed by atoms with E-state index in [9.17, 15) is 4.79 Å². The van der Waals surface area contributed by atoms with Crippen molar-refractivity contribution in [2.75, 3.05) is 0 Å². The van der Waals surface area contributed by atoms with E-state index >= 15 is 0 Å². The van der Waals surface area contributed by atoms with E-state index in [4.69, 9.17) is 4.52 Å². The van der Waals surface area contributed by atoms with Crippen LogP contribution in [0.5, 0.6) is 0 Å². The third kappa shape index (κ3) is 3.07. The minimum absolute atomic E-state index is 0.0266. The van der Waals surface area contributed by atoms with Crippen LogP contribution in [-0.4, -0.2) is 16.0 Å². The summed E-state index contributed by atoms with van der Waals surface area (Å²) in [6.07, 6.45) is 2.31. The molecule has 0 aliphatic heterocycles. The highest BCUT2D eigenvalue weighted by Gasteiger charge is 2.29. The number of thiophene rings is 2. The topological polar surface area (TPSA) is 68.0 Å². The van der Waals surface area contributed by atoms with Crippen LogP contribution in [0.15, 0.2) is 28.1 Å². The molecule has 3 aromatic rings. The Bertz CT molecular complexity index is 845. The molecule has 0 unspecified atom stereocenters. The van der Waals surface area contributed by atoms with Crippen molar-refractivity contribution in [2.24, 2.45) is 0 Å². The molecule has 1 fully saturated rings. The Morgan fingerprint density at radius 1 is 1.39 bits per heavy atom. The molecule has 4 rings (SSSR count). The Hall–Kier alpha value is -1.99. The van der Waals surface area contributed by atoms with Crippen LogP contribution in [0.25, 0.3) is 10.8 Å². The van der Waals surface area contributed by atoms with E-state index < -0.39 is 0 Å². The third-order valence-corrected chi connectivity index (χ3v) is 5.84. The first-order valence-electron chi connectivity index (χ1n) is 7.45. The number of carbonyl (C=O) groups excluding carboxylic acids is 1. The normalized spacial score (nSPS) is 14.1. The van der Waals surface area contributed by atoms with Gasteiger partial charge >= 0.3 is 0 Å². The number of carbonyl (C=O) groups is 1. The fourth-order valence-corrected chi connectivity index (χ4v) is 3.99. The summed E-state index contributed by atoms with van der Waals surface area (Å²) in [7, 11) is 0. The fraction of sp³-hybridized carbons (Fsp3) is 0.312. The highest BCUT2D eigenvalue weighted by atomic mass is 32.1. The Morgan fingerprint density at radius 3 is 3.00 bits per heavy atom. The van der Waals surface area contributed by atoms with Gasteiger partial charge in [0.05, 0.1) is 16.3 Å². The lowest BCUT2D eigenvalue weighted by Crippen LogP contribution is -2.21. The molecular weight excluding hydrogens is 330 g/mol. The summed E-state index contributed by atoms with van der Waals surface area (Å²) in [5, 5.41) is 8.92. The first kappa shape index (κ1) is 14.6. The standard InChI is InChI=1S/C16H15N3O2S2/c1-9-6-7-22-13(9)15(20)17-8-11-4-5-12(23-11)16-18-14(19-21-16)10-2-3-10/h4-7,10H,2-3,8H2,1H3,(H,17,20). The van der Waals surface area contributed by atoms with Gasteiger partial charge in [-0.25, -0.2) is 0 Å². The molecule has 0 radical (unpaired) electrons. The van der Waals surface area contributed by atoms with Gasteiger partial charge < -0.3 is 9.84 Å². The van der Waals surface area contributed by atoms with Crippen molar-refractivity contribution in [3.05, 3.63) is 44.7 Å². The molecule has 7 heteroatoms. The Balaban J connectivity index is 1.41. The highest BCUT2D eigenvalue weighted by Crippen LogP contribution is 2.39. The van der Waals surface area contributed by atoms with E-state index in [1.807, 2.05) is 30.5 Å². The average Bonchev–Trinajstić information content (AvgIpc) is 2.96. The van der Waals surface area contributed by atoms with Crippen LogP contribution in [0.3, 0.4) is 0 Å². The molecule has 0 bridgehead atoms. The number of hydrogen-bond donors (Lipinski definition) is 1. The van der Waals surface area contributed by atoms with Crippen molar-refractivity contribution < 1.29 is 9.32 Å². The maximum Gasteiger partial charge on any atom is 0.268 e. The minimum Gasteiger partial charge on any atom is -0.346 e. The van der Waals surface area contributed by atoms with Crippen molar-refractivity contribution in [3.63, 3.8) is 0 Å². The van der Waals surface area contributed by atoms with Crippen molar-refractivity contribution in [2.45, 2.75) is 32.2 Å². The smallest absolute Gasteiger partial charge is 0.268 e. The van der Waals surface area contributed by atoms with Gasteiger partial charge in [0, 0.05) is 10.8 Å². The minimum atomic E-state index is -0.0266. The van der Waals surface area contributed by atoms with Crippen molar-refractivity contribution in [3.8, 4) is 10.8 Å². The Labute approximate surface area is 141 Å². The second kappa shape index (κ2) is 5.90. The van der Waals surface area contributed by atoms with Gasteiger partial charge in [0.15, 0.2) is 5.82 Å². The molecule has 0 atom stereocenters. The molecule has 1 amide bonds. The first-order valence-corrected chi connectivity index (χ1v) is 9.15. The molecule has 1 saturated carbocycles. The van der Waals surface area contributed by atoms with Crippen molar-refractivity contribution in [1.82, 2.24) is 15.5 Å². The summed E-state index contributed by atoms with van der Waals surface area (Å²) in [6, 6.07) is 5.91. The molecular formula is C16H15N3O2S2. The monoisotopic (exact) mass is 345 g/mol. The zero-order valence-corrected chi connectivity index (χ0v) is 14.2. The zero-order chi connectivity index (χ0) is 15.8. The number of nitrogens with zero attached hydrogens (tertiary/aromatic N) is 2. The molecule has 0 spiro atoms. The molecule has 1 aliphatic rings. The largest absolute Gasteiger partial charge is 0.346 e. The lowest BCUT2D eigenvalue weighted by Gasteiger charge is -2.02. The fourth-order valence-electron chi connectivity index (χ4n) is 2.28. The number of aromatic nitrogens is 2. The number of aryl methyl sites for hydroxylation is 1. The van der Waals surface area contributed by atoms with Gasteiger partial charge in [-0.1, -0.05) is 5.16 Å². The predicted octanol–water partition coefficient (Wildman–Crippen LogP) is 3.98. The van der Waals surface area contributed by atoms with Crippen LogP contribution < -0.4 is 5.32 Å². The van der Waals surface area contributed by atoms with Crippen LogP contribution in [-0.2, 0) is 6.54 Å². The lowest BCUT2D eigenvalue weighted by molar-refractivity contribution is 0.0955. The van der Waals surface area contributed by atoms with Gasteiger partial charge in [0.2, 0.25) is 0 Å². The maximum absolute atomic E-state index is 12.1. The quantitative estimate of drug-likeness (QED) is 0.759. The van der Waals surface area contributed by atoms with Gasteiger partial charge in [-0.05, 0) is 48.9 Å². The number of amides is 1. The molecule has 1 aliphatic carbocycles. The van der Waals surface area contributed by atoms with Gasteiger partial charge in [0.1, 0.15) is 0 Å². The zero-order valence-electron chi connectivity index (χ0n) is 12.5. The van der Waals surface area contributed by atoms with Gasteiger partial charge in [-0.15, -0.1) is 22.7 Å². The van der Waals surface area contributed by atoms with E-state index in [0.29, 0.717) is 18.4 Å².